The molecule has 1 aromatic carbocycles. The highest BCUT2D eigenvalue weighted by Gasteiger charge is 2.22. The van der Waals surface area contributed by atoms with Gasteiger partial charge in [-0.05, 0) is 18.2 Å². The summed E-state index contributed by atoms with van der Waals surface area (Å²) in [6.07, 6.45) is 0. The summed E-state index contributed by atoms with van der Waals surface area (Å²) in [6.45, 7) is 2.76. The molecule has 0 radical (unpaired) electrons. The van der Waals surface area contributed by atoms with Crippen molar-refractivity contribution in [3.05, 3.63) is 36.0 Å². The smallest absolute Gasteiger partial charge is 0.338 e. The van der Waals surface area contributed by atoms with Crippen LogP contribution in [0.2, 0.25) is 0 Å². The van der Waals surface area contributed by atoms with Crippen molar-refractivity contribution >= 4 is 35.1 Å². The lowest BCUT2D eigenvalue weighted by molar-refractivity contribution is -0.123. The quantitative estimate of drug-likeness (QED) is 0.774. The van der Waals surface area contributed by atoms with E-state index in [1.165, 1.54) is 17.8 Å². The number of hydrogen-bond donors (Lipinski definition) is 2. The van der Waals surface area contributed by atoms with Crippen LogP contribution in [0.1, 0.15) is 10.4 Å². The van der Waals surface area contributed by atoms with Gasteiger partial charge in [-0.2, -0.15) is 5.26 Å². The van der Waals surface area contributed by atoms with Gasteiger partial charge in [-0.25, -0.2) is 4.79 Å². The number of Topliss-reactive ketones (excluding diaryl/α,β-unsaturated/α-hetero) is 1. The molecule has 1 aromatic rings. The Morgan fingerprint density at radius 3 is 2.91 bits per heavy atom. The van der Waals surface area contributed by atoms with Crippen molar-refractivity contribution in [1.29, 1.82) is 5.26 Å². The lowest BCUT2D eigenvalue weighted by Crippen LogP contribution is -2.25. The second kappa shape index (κ2) is 6.98. The summed E-state index contributed by atoms with van der Waals surface area (Å²) < 4.78 is 4.88. The SMILES string of the molecule is C=C(N)[C@@H](C#N)C(=O)COC(=O)c1ccc2c(c1)NC(=O)CS2. The number of carbonyl (C=O) groups is 3. The fourth-order valence-corrected chi connectivity index (χ4v) is 2.66. The number of esters is 1. The highest BCUT2D eigenvalue weighted by molar-refractivity contribution is 8.00. The first-order chi connectivity index (χ1) is 10.9. The van der Waals surface area contributed by atoms with Gasteiger partial charge in [0.25, 0.3) is 0 Å². The fourth-order valence-electron chi connectivity index (χ4n) is 1.88. The van der Waals surface area contributed by atoms with E-state index in [1.54, 1.807) is 18.2 Å². The van der Waals surface area contributed by atoms with Gasteiger partial charge in [0.2, 0.25) is 5.91 Å². The van der Waals surface area contributed by atoms with Gasteiger partial charge in [0.1, 0.15) is 5.92 Å². The summed E-state index contributed by atoms with van der Waals surface area (Å²) in [5.41, 5.74) is 5.96. The van der Waals surface area contributed by atoms with Gasteiger partial charge in [-0.3, -0.25) is 9.59 Å². The molecule has 0 spiro atoms. The topological polar surface area (TPSA) is 122 Å². The van der Waals surface area contributed by atoms with E-state index in [0.717, 1.165) is 4.90 Å². The Kier molecular flexibility index (Phi) is 5.03. The van der Waals surface area contributed by atoms with Gasteiger partial charge in [0.15, 0.2) is 12.4 Å². The molecule has 118 valence electrons. The van der Waals surface area contributed by atoms with Crippen molar-refractivity contribution < 1.29 is 19.1 Å². The molecule has 0 saturated heterocycles. The molecule has 1 amide bonds. The molecule has 1 heterocycles. The summed E-state index contributed by atoms with van der Waals surface area (Å²) in [5.74, 6) is -2.41. The Bertz CT molecular complexity index is 739. The van der Waals surface area contributed by atoms with Crippen LogP contribution >= 0.6 is 11.8 Å². The number of benzene rings is 1. The number of nitriles is 1. The molecular weight excluding hydrogens is 318 g/mol. The third kappa shape index (κ3) is 3.90. The predicted octanol–water partition coefficient (Wildman–Crippen LogP) is 1.07. The number of amides is 1. The zero-order valence-corrected chi connectivity index (χ0v) is 12.8. The van der Waals surface area contributed by atoms with Crippen molar-refractivity contribution in [3.63, 3.8) is 0 Å². The number of hydrogen-bond acceptors (Lipinski definition) is 7. The third-order valence-corrected chi connectivity index (χ3v) is 4.09. The molecule has 8 heteroatoms. The van der Waals surface area contributed by atoms with E-state index in [4.69, 9.17) is 15.7 Å². The number of fused-ring (bicyclic) bond motifs is 1. The average Bonchev–Trinajstić information content (AvgIpc) is 2.52. The molecule has 0 unspecified atom stereocenters. The number of rotatable bonds is 5. The van der Waals surface area contributed by atoms with E-state index in [-0.39, 0.29) is 17.2 Å². The van der Waals surface area contributed by atoms with Gasteiger partial charge < -0.3 is 15.8 Å². The minimum atomic E-state index is -1.21. The van der Waals surface area contributed by atoms with Crippen LogP contribution in [0.3, 0.4) is 0 Å². The molecule has 0 fully saturated rings. The number of nitrogens with zero attached hydrogens (tertiary/aromatic N) is 1. The lowest BCUT2D eigenvalue weighted by atomic mass is 10.0. The molecule has 1 atom stereocenters. The van der Waals surface area contributed by atoms with Gasteiger partial charge in [0, 0.05) is 10.6 Å². The molecule has 3 N–H and O–H groups in total. The first-order valence-electron chi connectivity index (χ1n) is 6.52. The Morgan fingerprint density at radius 2 is 2.26 bits per heavy atom. The molecular formula is C15H13N3O4S. The normalized spacial score (nSPS) is 14.0. The van der Waals surface area contributed by atoms with Gasteiger partial charge >= 0.3 is 5.97 Å². The molecule has 0 saturated carbocycles. The molecule has 23 heavy (non-hydrogen) atoms. The number of ketones is 1. The lowest BCUT2D eigenvalue weighted by Gasteiger charge is -2.16. The Morgan fingerprint density at radius 1 is 1.52 bits per heavy atom. The number of anilines is 1. The first-order valence-corrected chi connectivity index (χ1v) is 7.51. The zero-order valence-electron chi connectivity index (χ0n) is 12.0. The molecule has 0 bridgehead atoms. The molecule has 0 aromatic heterocycles. The van der Waals surface area contributed by atoms with E-state index in [9.17, 15) is 14.4 Å². The first kappa shape index (κ1) is 16.6. The Hall–Kier alpha value is -2.79. The van der Waals surface area contributed by atoms with Crippen molar-refractivity contribution in [2.24, 2.45) is 11.7 Å². The standard InChI is InChI=1S/C15H13N3O4S/c1-8(17)10(5-16)12(19)6-22-15(21)9-2-3-13-11(4-9)18-14(20)7-23-13/h2-4,10H,1,6-7,17H2,(H,18,20)/t10-/m1/s1. The molecule has 1 aliphatic heterocycles. The average molecular weight is 331 g/mol. The summed E-state index contributed by atoms with van der Waals surface area (Å²) in [7, 11) is 0. The van der Waals surface area contributed by atoms with Crippen molar-refractivity contribution in [2.75, 3.05) is 17.7 Å². The number of thioether (sulfide) groups is 1. The van der Waals surface area contributed by atoms with Crippen LogP contribution in [-0.2, 0) is 14.3 Å². The number of nitrogens with two attached hydrogens (primary N) is 1. The predicted molar refractivity (Wildman–Crippen MR) is 83.5 cm³/mol. The van der Waals surface area contributed by atoms with E-state index in [1.807, 2.05) is 0 Å². The molecule has 7 nitrogen and oxygen atoms in total. The van der Waals surface area contributed by atoms with Crippen molar-refractivity contribution in [3.8, 4) is 6.07 Å². The van der Waals surface area contributed by atoms with Crippen LogP contribution in [0.15, 0.2) is 35.4 Å². The van der Waals surface area contributed by atoms with Crippen LogP contribution in [0.25, 0.3) is 0 Å². The Balaban J connectivity index is 2.03. The maximum atomic E-state index is 12.0. The zero-order chi connectivity index (χ0) is 17.0. The minimum absolute atomic E-state index is 0.0953. The monoisotopic (exact) mass is 331 g/mol. The maximum absolute atomic E-state index is 12.0. The summed E-state index contributed by atoms with van der Waals surface area (Å²) in [5, 5.41) is 11.5. The second-order valence-corrected chi connectivity index (χ2v) is 5.74. The van der Waals surface area contributed by atoms with Gasteiger partial charge in [-0.15, -0.1) is 11.8 Å². The summed E-state index contributed by atoms with van der Waals surface area (Å²) in [4.78, 5) is 35.9. The number of carbonyl (C=O) groups excluding carboxylic acids is 3. The van der Waals surface area contributed by atoms with E-state index in [2.05, 4.69) is 11.9 Å². The number of nitrogens with one attached hydrogen (secondary N) is 1. The van der Waals surface area contributed by atoms with Crippen LogP contribution < -0.4 is 11.1 Å². The maximum Gasteiger partial charge on any atom is 0.338 e. The van der Waals surface area contributed by atoms with Crippen LogP contribution in [0.5, 0.6) is 0 Å². The molecule has 0 aliphatic carbocycles. The largest absolute Gasteiger partial charge is 0.454 e. The Labute approximate surface area is 136 Å². The minimum Gasteiger partial charge on any atom is -0.454 e. The van der Waals surface area contributed by atoms with E-state index in [0.29, 0.717) is 11.4 Å². The van der Waals surface area contributed by atoms with Gasteiger partial charge in [0.05, 0.1) is 23.1 Å². The van der Waals surface area contributed by atoms with Crippen molar-refractivity contribution in [1.82, 2.24) is 0 Å². The molecule has 2 rings (SSSR count). The number of allylic oxidation sites excluding steroid dienone is 1. The number of ether oxygens (including phenoxy) is 1. The third-order valence-electron chi connectivity index (χ3n) is 3.02. The van der Waals surface area contributed by atoms with Gasteiger partial charge in [-0.1, -0.05) is 6.58 Å². The van der Waals surface area contributed by atoms with Crippen LogP contribution in [0, 0.1) is 17.2 Å². The molecule has 1 aliphatic rings. The van der Waals surface area contributed by atoms with Crippen molar-refractivity contribution in [2.45, 2.75) is 4.90 Å². The highest BCUT2D eigenvalue weighted by atomic mass is 32.2. The van der Waals surface area contributed by atoms with Crippen LogP contribution in [-0.4, -0.2) is 30.0 Å². The van der Waals surface area contributed by atoms with E-state index < -0.39 is 24.3 Å². The summed E-state index contributed by atoms with van der Waals surface area (Å²) in [6, 6.07) is 6.41. The second-order valence-electron chi connectivity index (χ2n) is 4.73. The highest BCUT2D eigenvalue weighted by Crippen LogP contribution is 2.32. The fraction of sp³-hybridized carbons (Fsp3) is 0.200. The van der Waals surface area contributed by atoms with Crippen LogP contribution in [0.4, 0.5) is 5.69 Å². The summed E-state index contributed by atoms with van der Waals surface area (Å²) >= 11 is 1.37. The van der Waals surface area contributed by atoms with E-state index >= 15 is 0 Å².